The van der Waals surface area contributed by atoms with Crippen LogP contribution in [0.5, 0.6) is 5.75 Å². The highest BCUT2D eigenvalue weighted by molar-refractivity contribution is 9.10. The lowest BCUT2D eigenvalue weighted by Gasteiger charge is -2.02. The zero-order valence-corrected chi connectivity index (χ0v) is 10.5. The van der Waals surface area contributed by atoms with Crippen LogP contribution in [-0.2, 0) is 9.59 Å². The molecule has 0 aliphatic heterocycles. The highest BCUT2D eigenvalue weighted by Crippen LogP contribution is 2.24. The van der Waals surface area contributed by atoms with E-state index in [9.17, 15) is 9.59 Å². The van der Waals surface area contributed by atoms with Crippen molar-refractivity contribution in [3.05, 3.63) is 28.2 Å². The van der Waals surface area contributed by atoms with E-state index in [0.717, 1.165) is 10.0 Å². The molecule has 2 amide bonds. The molecular weight excluding hydrogens is 290 g/mol. The van der Waals surface area contributed by atoms with Gasteiger partial charge in [0.1, 0.15) is 5.75 Å². The molecule has 0 spiro atoms. The standard InChI is InChI=1S/C10H10BrN3O3/c1-17-8-3-2-6(4-7(8)11)5-13-14-10(16)9(12)15/h2-5H,1H3,(H2,12,15)(H,14,16)/b13-5-. The minimum absolute atomic E-state index is 0.684. The molecule has 90 valence electrons. The van der Waals surface area contributed by atoms with E-state index < -0.39 is 11.8 Å². The molecule has 1 rings (SSSR count). The molecular formula is C10H10BrN3O3. The fourth-order valence-corrected chi connectivity index (χ4v) is 1.54. The molecule has 0 atom stereocenters. The lowest BCUT2D eigenvalue weighted by molar-refractivity contribution is -0.137. The van der Waals surface area contributed by atoms with Gasteiger partial charge in [-0.3, -0.25) is 9.59 Å². The Morgan fingerprint density at radius 3 is 2.76 bits per heavy atom. The van der Waals surface area contributed by atoms with Crippen molar-refractivity contribution in [2.45, 2.75) is 0 Å². The number of carbonyl (C=O) groups excluding carboxylic acids is 2. The summed E-state index contributed by atoms with van der Waals surface area (Å²) in [5, 5.41) is 3.57. The van der Waals surface area contributed by atoms with Gasteiger partial charge in [-0.25, -0.2) is 5.43 Å². The summed E-state index contributed by atoms with van der Waals surface area (Å²) in [5.74, 6) is -1.37. The maximum absolute atomic E-state index is 10.8. The van der Waals surface area contributed by atoms with E-state index in [2.05, 4.69) is 21.0 Å². The number of primary amides is 1. The summed E-state index contributed by atoms with van der Waals surface area (Å²) in [5.41, 5.74) is 7.44. The zero-order valence-electron chi connectivity index (χ0n) is 8.94. The molecule has 0 saturated carbocycles. The number of amides is 2. The fourth-order valence-electron chi connectivity index (χ4n) is 0.983. The van der Waals surface area contributed by atoms with E-state index in [0.29, 0.717) is 5.75 Å². The molecule has 0 heterocycles. The minimum Gasteiger partial charge on any atom is -0.496 e. The molecule has 0 aliphatic rings. The van der Waals surface area contributed by atoms with Gasteiger partial charge in [0.15, 0.2) is 0 Å². The number of nitrogens with zero attached hydrogens (tertiary/aromatic N) is 1. The second kappa shape index (κ2) is 6.00. The number of benzene rings is 1. The van der Waals surface area contributed by atoms with E-state index in [1.165, 1.54) is 6.21 Å². The summed E-state index contributed by atoms with van der Waals surface area (Å²) in [7, 11) is 1.56. The first-order chi connectivity index (χ1) is 8.04. The third-order valence-electron chi connectivity index (χ3n) is 1.78. The van der Waals surface area contributed by atoms with Crippen LogP contribution in [0.4, 0.5) is 0 Å². The molecule has 0 bridgehead atoms. The molecule has 0 unspecified atom stereocenters. The van der Waals surface area contributed by atoms with Gasteiger partial charge in [0.25, 0.3) is 0 Å². The maximum Gasteiger partial charge on any atom is 0.329 e. The molecule has 0 aliphatic carbocycles. The number of hydrogen-bond acceptors (Lipinski definition) is 4. The summed E-state index contributed by atoms with van der Waals surface area (Å²) < 4.78 is 5.81. The Morgan fingerprint density at radius 2 is 2.24 bits per heavy atom. The molecule has 1 aromatic carbocycles. The molecule has 17 heavy (non-hydrogen) atoms. The molecule has 0 saturated heterocycles. The van der Waals surface area contributed by atoms with Crippen molar-refractivity contribution in [1.29, 1.82) is 0 Å². The average Bonchev–Trinajstić information content (AvgIpc) is 2.29. The first-order valence-corrected chi connectivity index (χ1v) is 5.30. The van der Waals surface area contributed by atoms with Crippen molar-refractivity contribution < 1.29 is 14.3 Å². The average molecular weight is 300 g/mol. The van der Waals surface area contributed by atoms with E-state index in [1.54, 1.807) is 25.3 Å². The lowest BCUT2D eigenvalue weighted by atomic mass is 10.2. The molecule has 0 aromatic heterocycles. The first-order valence-electron chi connectivity index (χ1n) is 4.51. The largest absolute Gasteiger partial charge is 0.496 e. The van der Waals surface area contributed by atoms with Crippen LogP contribution in [0, 0.1) is 0 Å². The van der Waals surface area contributed by atoms with Gasteiger partial charge in [-0.1, -0.05) is 0 Å². The first kappa shape index (κ1) is 13.2. The number of methoxy groups -OCH3 is 1. The highest BCUT2D eigenvalue weighted by Gasteiger charge is 2.05. The summed E-state index contributed by atoms with van der Waals surface area (Å²) in [6.07, 6.45) is 1.38. The van der Waals surface area contributed by atoms with Crippen molar-refractivity contribution in [3.63, 3.8) is 0 Å². The normalized spacial score (nSPS) is 10.2. The topological polar surface area (TPSA) is 93.8 Å². The Morgan fingerprint density at radius 1 is 1.53 bits per heavy atom. The minimum atomic E-state index is -1.09. The van der Waals surface area contributed by atoms with E-state index in [-0.39, 0.29) is 0 Å². The van der Waals surface area contributed by atoms with Crippen molar-refractivity contribution in [2.24, 2.45) is 10.8 Å². The molecule has 0 radical (unpaired) electrons. The summed E-state index contributed by atoms with van der Waals surface area (Å²) in [6.45, 7) is 0. The van der Waals surface area contributed by atoms with Gasteiger partial charge in [0, 0.05) is 0 Å². The Hall–Kier alpha value is -1.89. The van der Waals surface area contributed by atoms with Crippen LogP contribution in [0.1, 0.15) is 5.56 Å². The maximum atomic E-state index is 10.8. The van der Waals surface area contributed by atoms with Gasteiger partial charge in [-0.2, -0.15) is 5.10 Å². The van der Waals surface area contributed by atoms with Crippen LogP contribution >= 0.6 is 15.9 Å². The zero-order chi connectivity index (χ0) is 12.8. The van der Waals surface area contributed by atoms with E-state index in [1.807, 2.05) is 5.43 Å². The number of rotatable bonds is 3. The summed E-state index contributed by atoms with van der Waals surface area (Å²) >= 11 is 3.30. The number of hydrazone groups is 1. The van der Waals surface area contributed by atoms with Crippen molar-refractivity contribution >= 4 is 34.0 Å². The summed E-state index contributed by atoms with van der Waals surface area (Å²) in [6, 6.07) is 5.23. The Bertz CT molecular complexity index is 474. The van der Waals surface area contributed by atoms with Gasteiger partial charge in [0.05, 0.1) is 17.8 Å². The van der Waals surface area contributed by atoms with Crippen LogP contribution in [-0.4, -0.2) is 25.1 Å². The Balaban J connectivity index is 2.69. The van der Waals surface area contributed by atoms with Crippen LogP contribution in [0.25, 0.3) is 0 Å². The Labute approximate surface area is 106 Å². The van der Waals surface area contributed by atoms with E-state index >= 15 is 0 Å². The number of nitrogens with two attached hydrogens (primary N) is 1. The van der Waals surface area contributed by atoms with Gasteiger partial charge < -0.3 is 10.5 Å². The Kier molecular flexibility index (Phi) is 4.65. The van der Waals surface area contributed by atoms with Crippen LogP contribution in [0.3, 0.4) is 0 Å². The molecule has 0 fully saturated rings. The third-order valence-corrected chi connectivity index (χ3v) is 2.40. The number of hydrogen-bond donors (Lipinski definition) is 2. The van der Waals surface area contributed by atoms with Crippen molar-refractivity contribution in [3.8, 4) is 5.75 Å². The molecule has 3 N–H and O–H groups in total. The van der Waals surface area contributed by atoms with Gasteiger partial charge in [0.2, 0.25) is 0 Å². The molecule has 6 nitrogen and oxygen atoms in total. The monoisotopic (exact) mass is 299 g/mol. The van der Waals surface area contributed by atoms with Gasteiger partial charge in [-0.15, -0.1) is 0 Å². The number of carbonyl (C=O) groups is 2. The van der Waals surface area contributed by atoms with E-state index in [4.69, 9.17) is 10.5 Å². The predicted octanol–water partition coefficient (Wildman–Crippen LogP) is 0.393. The fraction of sp³-hybridized carbons (Fsp3) is 0.100. The van der Waals surface area contributed by atoms with Crippen LogP contribution < -0.4 is 15.9 Å². The van der Waals surface area contributed by atoms with Crippen LogP contribution in [0.15, 0.2) is 27.8 Å². The van der Waals surface area contributed by atoms with Crippen molar-refractivity contribution in [2.75, 3.05) is 7.11 Å². The molecule has 7 heteroatoms. The number of halogens is 1. The smallest absolute Gasteiger partial charge is 0.329 e. The predicted molar refractivity (Wildman–Crippen MR) is 65.6 cm³/mol. The second-order valence-corrected chi connectivity index (χ2v) is 3.81. The van der Waals surface area contributed by atoms with Crippen molar-refractivity contribution in [1.82, 2.24) is 5.43 Å². The molecule has 1 aromatic rings. The quantitative estimate of drug-likeness (QED) is 0.480. The lowest BCUT2D eigenvalue weighted by Crippen LogP contribution is -2.32. The highest BCUT2D eigenvalue weighted by atomic mass is 79.9. The van der Waals surface area contributed by atoms with Gasteiger partial charge in [-0.05, 0) is 39.7 Å². The summed E-state index contributed by atoms with van der Waals surface area (Å²) in [4.78, 5) is 21.2. The third kappa shape index (κ3) is 3.87. The van der Waals surface area contributed by atoms with Gasteiger partial charge >= 0.3 is 11.8 Å². The number of ether oxygens (including phenoxy) is 1. The van der Waals surface area contributed by atoms with Crippen LogP contribution in [0.2, 0.25) is 0 Å². The second-order valence-electron chi connectivity index (χ2n) is 2.96. The SMILES string of the molecule is COc1ccc(/C=N\NC(=O)C(N)=O)cc1Br. The number of nitrogens with one attached hydrogen (secondary N) is 1.